The van der Waals surface area contributed by atoms with Crippen molar-refractivity contribution >= 4 is 43.4 Å². The molecule has 1 aromatic rings. The third-order valence-corrected chi connectivity index (χ3v) is 4.13. The monoisotopic (exact) mass is 329 g/mol. The zero-order chi connectivity index (χ0) is 11.2. The molecule has 0 saturated carbocycles. The molecule has 0 fully saturated rings. The summed E-state index contributed by atoms with van der Waals surface area (Å²) >= 11 is 6.16. The molecule has 0 atom stereocenters. The lowest BCUT2D eigenvalue weighted by Gasteiger charge is -2.13. The fraction of sp³-hybridized carbons (Fsp3) is 0.100. The topological polar surface area (TPSA) is 47.0 Å². The van der Waals surface area contributed by atoms with Crippen LogP contribution in [-0.4, -0.2) is 16.6 Å². The number of hydrogen-bond acceptors (Lipinski definition) is 3. The van der Waals surface area contributed by atoms with Gasteiger partial charge < -0.3 is 0 Å². The maximum atomic E-state index is 11.8. The van der Waals surface area contributed by atoms with Crippen molar-refractivity contribution in [2.45, 2.75) is 6.92 Å². The van der Waals surface area contributed by atoms with Gasteiger partial charge in [-0.25, -0.2) is 4.98 Å². The van der Waals surface area contributed by atoms with E-state index in [1.807, 2.05) is 0 Å². The van der Waals surface area contributed by atoms with E-state index in [2.05, 4.69) is 36.8 Å². The highest BCUT2D eigenvalue weighted by Gasteiger charge is 2.30. The van der Waals surface area contributed by atoms with Gasteiger partial charge in [-0.2, -0.15) is 0 Å². The van der Waals surface area contributed by atoms with Gasteiger partial charge in [0.15, 0.2) is 0 Å². The number of fused-ring (bicyclic) bond motifs is 1. The summed E-state index contributed by atoms with van der Waals surface area (Å²) in [5, 5.41) is 0. The second kappa shape index (κ2) is 3.64. The molecule has 0 N–H and O–H groups in total. The molecule has 76 valence electrons. The molecule has 0 unspecified atom stereocenters. The van der Waals surface area contributed by atoms with Gasteiger partial charge >= 0.3 is 0 Å². The number of Topliss-reactive ketones (excluding diaryl/α,β-unsaturated/α-hetero) is 2. The van der Waals surface area contributed by atoms with Crippen molar-refractivity contribution in [2.75, 3.05) is 0 Å². The fourth-order valence-corrected chi connectivity index (χ4v) is 2.10. The predicted octanol–water partition coefficient (Wildman–Crippen LogP) is 2.77. The molecule has 0 amide bonds. The van der Waals surface area contributed by atoms with Gasteiger partial charge in [-0.1, -0.05) is 0 Å². The number of aromatic nitrogens is 1. The average Bonchev–Trinajstić information content (AvgIpc) is 2.23. The fourth-order valence-electron chi connectivity index (χ4n) is 1.33. The Kier molecular flexibility index (Phi) is 2.60. The highest BCUT2D eigenvalue weighted by molar-refractivity contribution is 9.14. The van der Waals surface area contributed by atoms with Crippen LogP contribution >= 0.6 is 31.9 Å². The summed E-state index contributed by atoms with van der Waals surface area (Å²) in [4.78, 5) is 27.6. The van der Waals surface area contributed by atoms with E-state index in [4.69, 9.17) is 0 Å². The number of rotatable bonds is 0. The summed E-state index contributed by atoms with van der Waals surface area (Å²) in [5.41, 5.74) is 1.28. The van der Waals surface area contributed by atoms with Gasteiger partial charge in [-0.05, 0) is 50.9 Å². The Hall–Kier alpha value is -0.810. The Balaban J connectivity index is 2.73. The predicted molar refractivity (Wildman–Crippen MR) is 62.5 cm³/mol. The summed E-state index contributed by atoms with van der Waals surface area (Å²) in [6.07, 6.45) is 0. The van der Waals surface area contributed by atoms with Crippen molar-refractivity contribution in [3.63, 3.8) is 0 Å². The molecule has 0 aromatic carbocycles. The van der Waals surface area contributed by atoms with Gasteiger partial charge in [-0.3, -0.25) is 9.59 Å². The lowest BCUT2D eigenvalue weighted by molar-refractivity contribution is 0.0985. The van der Waals surface area contributed by atoms with Gasteiger partial charge in [0.05, 0.1) is 14.5 Å². The number of nitrogens with zero attached hydrogens (tertiary/aromatic N) is 1. The molecule has 2 rings (SSSR count). The van der Waals surface area contributed by atoms with Crippen molar-refractivity contribution < 1.29 is 9.59 Å². The third kappa shape index (κ3) is 1.59. The van der Waals surface area contributed by atoms with Crippen molar-refractivity contribution in [3.8, 4) is 0 Å². The highest BCUT2D eigenvalue weighted by Crippen LogP contribution is 2.31. The number of ketones is 2. The number of allylic oxidation sites excluding steroid dienone is 2. The van der Waals surface area contributed by atoms with Crippen molar-refractivity contribution in [1.29, 1.82) is 0 Å². The first-order valence-corrected chi connectivity index (χ1v) is 5.73. The van der Waals surface area contributed by atoms with Gasteiger partial charge in [-0.15, -0.1) is 0 Å². The van der Waals surface area contributed by atoms with E-state index in [1.54, 1.807) is 19.1 Å². The number of halogens is 2. The van der Waals surface area contributed by atoms with Crippen LogP contribution in [-0.2, 0) is 0 Å². The van der Waals surface area contributed by atoms with Crippen LogP contribution in [0.3, 0.4) is 0 Å². The van der Waals surface area contributed by atoms with E-state index in [0.717, 1.165) is 0 Å². The van der Waals surface area contributed by atoms with Gasteiger partial charge in [0.2, 0.25) is 11.6 Å². The largest absolute Gasteiger partial charge is 0.288 e. The Morgan fingerprint density at radius 3 is 2.33 bits per heavy atom. The molecular weight excluding hydrogens is 326 g/mol. The van der Waals surface area contributed by atoms with Crippen molar-refractivity contribution in [2.24, 2.45) is 0 Å². The van der Waals surface area contributed by atoms with Crippen LogP contribution in [0.25, 0.3) is 0 Å². The standard InChI is InChI=1S/C10H5Br2NO2/c1-4-2-3-5-8(13-4)10(15)7(12)6(11)9(5)14/h2-3H,1H3. The molecule has 0 aliphatic heterocycles. The SMILES string of the molecule is Cc1ccc2c(n1)C(=O)C(Br)=C(Br)C2=O. The first-order valence-electron chi connectivity index (χ1n) is 4.14. The minimum absolute atomic E-state index is 0.218. The molecule has 15 heavy (non-hydrogen) atoms. The molecular formula is C10H5Br2NO2. The molecule has 5 heteroatoms. The van der Waals surface area contributed by atoms with E-state index in [-0.39, 0.29) is 26.2 Å². The van der Waals surface area contributed by atoms with Gasteiger partial charge in [0.25, 0.3) is 0 Å². The second-order valence-corrected chi connectivity index (χ2v) is 4.72. The zero-order valence-corrected chi connectivity index (χ0v) is 10.8. The summed E-state index contributed by atoms with van der Waals surface area (Å²) < 4.78 is 0.490. The van der Waals surface area contributed by atoms with Crippen molar-refractivity contribution in [3.05, 3.63) is 38.0 Å². The lowest BCUT2D eigenvalue weighted by atomic mass is 9.99. The Labute approximate surface area is 103 Å². The van der Waals surface area contributed by atoms with E-state index < -0.39 is 0 Å². The Morgan fingerprint density at radius 2 is 1.67 bits per heavy atom. The average molecular weight is 331 g/mol. The minimum Gasteiger partial charge on any atom is -0.288 e. The van der Waals surface area contributed by atoms with Gasteiger partial charge in [0, 0.05) is 5.69 Å². The molecule has 1 aliphatic carbocycles. The first kappa shape index (κ1) is 10.7. The minimum atomic E-state index is -0.264. The molecule has 0 spiro atoms. The molecule has 0 saturated heterocycles. The van der Waals surface area contributed by atoms with Crippen molar-refractivity contribution in [1.82, 2.24) is 4.98 Å². The van der Waals surface area contributed by atoms with E-state index in [9.17, 15) is 9.59 Å². The summed E-state index contributed by atoms with van der Waals surface area (Å²) in [5.74, 6) is -0.482. The number of carbonyl (C=O) groups is 2. The number of pyridine rings is 1. The molecule has 1 aromatic heterocycles. The smallest absolute Gasteiger partial charge is 0.220 e. The Bertz CT molecular complexity index is 520. The maximum absolute atomic E-state index is 11.8. The van der Waals surface area contributed by atoms with Crippen LogP contribution in [0.15, 0.2) is 21.1 Å². The first-order chi connectivity index (χ1) is 7.02. The zero-order valence-electron chi connectivity index (χ0n) is 7.67. The molecule has 0 radical (unpaired) electrons. The van der Waals surface area contributed by atoms with Crippen LogP contribution in [0.1, 0.15) is 26.5 Å². The van der Waals surface area contributed by atoms with Crippen LogP contribution in [0.5, 0.6) is 0 Å². The number of hydrogen-bond donors (Lipinski definition) is 0. The lowest BCUT2D eigenvalue weighted by Crippen LogP contribution is -2.19. The van der Waals surface area contributed by atoms with E-state index >= 15 is 0 Å². The van der Waals surface area contributed by atoms with Crippen LogP contribution in [0, 0.1) is 6.92 Å². The molecule has 1 heterocycles. The summed E-state index contributed by atoms with van der Waals surface area (Å²) in [6, 6.07) is 3.34. The molecule has 0 bridgehead atoms. The van der Waals surface area contributed by atoms with Gasteiger partial charge in [0.1, 0.15) is 5.69 Å². The number of carbonyl (C=O) groups excluding carboxylic acids is 2. The van der Waals surface area contributed by atoms with E-state index in [1.165, 1.54) is 0 Å². The van der Waals surface area contributed by atoms with Crippen LogP contribution in [0.2, 0.25) is 0 Å². The second-order valence-electron chi connectivity index (χ2n) is 3.14. The summed E-state index contributed by atoms with van der Waals surface area (Å²) in [6.45, 7) is 1.78. The Morgan fingerprint density at radius 1 is 1.07 bits per heavy atom. The third-order valence-electron chi connectivity index (χ3n) is 2.09. The molecule has 1 aliphatic rings. The highest BCUT2D eigenvalue weighted by atomic mass is 79.9. The normalized spacial score (nSPS) is 15.7. The summed E-state index contributed by atoms with van der Waals surface area (Å²) in [7, 11) is 0. The quantitative estimate of drug-likeness (QED) is 0.735. The van der Waals surface area contributed by atoms with E-state index in [0.29, 0.717) is 11.3 Å². The number of aryl methyl sites for hydroxylation is 1. The maximum Gasteiger partial charge on any atom is 0.220 e. The van der Waals surface area contributed by atoms with Crippen LogP contribution in [0.4, 0.5) is 0 Å². The molecule has 3 nitrogen and oxygen atoms in total. The van der Waals surface area contributed by atoms with Crippen LogP contribution < -0.4 is 0 Å².